The van der Waals surface area contributed by atoms with Crippen molar-refractivity contribution in [3.05, 3.63) is 130 Å². The Morgan fingerprint density at radius 2 is 1.49 bits per heavy atom. The highest BCUT2D eigenvalue weighted by Crippen LogP contribution is 2.42. The van der Waals surface area contributed by atoms with Crippen molar-refractivity contribution in [1.29, 1.82) is 0 Å². The smallest absolute Gasteiger partial charge is 0.352 e. The van der Waals surface area contributed by atoms with Crippen molar-refractivity contribution >= 4 is 58.4 Å². The number of nitrogens with zero attached hydrogens (tertiary/aromatic N) is 2. The average Bonchev–Trinajstić information content (AvgIpc) is 3.58. The van der Waals surface area contributed by atoms with Crippen LogP contribution >= 0.6 is 23.1 Å². The molecule has 1 fully saturated rings. The number of β-lactam (4-membered cyclic amide) rings is 1. The Morgan fingerprint density at radius 3 is 1.94 bits per heavy atom. The molecule has 3 heterocycles. The number of aliphatic carboxylic acids is 1. The van der Waals surface area contributed by atoms with Crippen molar-refractivity contribution in [2.75, 3.05) is 17.7 Å². The Labute approximate surface area is 316 Å². The van der Waals surface area contributed by atoms with Gasteiger partial charge in [0.15, 0.2) is 5.13 Å². The zero-order valence-electron chi connectivity index (χ0n) is 29.7. The van der Waals surface area contributed by atoms with Crippen LogP contribution in [-0.4, -0.2) is 74.5 Å². The van der Waals surface area contributed by atoms with Crippen LogP contribution in [0.15, 0.2) is 108 Å². The van der Waals surface area contributed by atoms with E-state index >= 15 is 0 Å². The number of carboxylic acid groups (broad SMARTS) is 1. The van der Waals surface area contributed by atoms with Gasteiger partial charge in [-0.05, 0) is 37.5 Å². The van der Waals surface area contributed by atoms with Gasteiger partial charge in [-0.25, -0.2) is 9.78 Å². The first kappa shape index (κ1) is 38.8. The zero-order valence-corrected chi connectivity index (χ0v) is 31.3. The van der Waals surface area contributed by atoms with Crippen molar-refractivity contribution in [2.45, 2.75) is 56.6 Å². The summed E-state index contributed by atoms with van der Waals surface area (Å²) in [5.74, 6) is -2.51. The van der Waals surface area contributed by atoms with E-state index in [9.17, 15) is 29.1 Å². The number of thiazole rings is 1. The molecule has 4 N–H and O–H groups in total. The Balaban J connectivity index is 0.000000705. The molecule has 1 aromatic heterocycles. The van der Waals surface area contributed by atoms with Crippen LogP contribution in [-0.2, 0) is 40.7 Å². The summed E-state index contributed by atoms with van der Waals surface area (Å²) in [6.07, 6.45) is 0.647. The minimum absolute atomic E-state index is 0.0618. The predicted molar refractivity (Wildman–Crippen MR) is 204 cm³/mol. The Bertz CT molecular complexity index is 1870. The van der Waals surface area contributed by atoms with Crippen LogP contribution in [0.25, 0.3) is 0 Å². The fourth-order valence-corrected chi connectivity index (χ4v) is 8.03. The molecule has 2 aliphatic heterocycles. The summed E-state index contributed by atoms with van der Waals surface area (Å²) < 4.78 is 4.98. The molecule has 12 nitrogen and oxygen atoms in total. The lowest BCUT2D eigenvalue weighted by Crippen LogP contribution is -2.70. The van der Waals surface area contributed by atoms with Crippen LogP contribution in [0.4, 0.5) is 5.13 Å². The minimum atomic E-state index is -1.29. The number of esters is 1. The van der Waals surface area contributed by atoms with E-state index in [0.29, 0.717) is 22.8 Å². The van der Waals surface area contributed by atoms with Crippen molar-refractivity contribution < 1.29 is 33.8 Å². The van der Waals surface area contributed by atoms with Gasteiger partial charge < -0.3 is 25.8 Å². The third-order valence-electron chi connectivity index (χ3n) is 8.32. The van der Waals surface area contributed by atoms with Crippen molar-refractivity contribution in [3.63, 3.8) is 0 Å². The highest BCUT2D eigenvalue weighted by Gasteiger charge is 2.54. The van der Waals surface area contributed by atoms with Gasteiger partial charge >= 0.3 is 11.9 Å². The molecule has 3 aromatic carbocycles. The number of nitrogens with one attached hydrogen (secondary N) is 3. The Morgan fingerprint density at radius 1 is 0.943 bits per heavy atom. The molecule has 0 radical (unpaired) electrons. The van der Waals surface area contributed by atoms with Gasteiger partial charge in [0.05, 0.1) is 12.1 Å². The van der Waals surface area contributed by atoms with Crippen LogP contribution in [0.1, 0.15) is 50.1 Å². The topological polar surface area (TPSA) is 167 Å². The number of aromatic nitrogens is 1. The molecular formula is C39H41N5O7S2. The first-order valence-electron chi connectivity index (χ1n) is 16.8. The third-order valence-corrected chi connectivity index (χ3v) is 10.5. The van der Waals surface area contributed by atoms with Gasteiger partial charge in [-0.3, -0.25) is 24.1 Å². The predicted octanol–water partition coefficient (Wildman–Crippen LogP) is 4.92. The normalized spacial score (nSPS) is 16.6. The van der Waals surface area contributed by atoms with Crippen LogP contribution in [0.5, 0.6) is 0 Å². The van der Waals surface area contributed by atoms with Gasteiger partial charge in [0.1, 0.15) is 29.3 Å². The Hall–Kier alpha value is -5.47. The number of carbonyl (C=O) groups excluding carboxylic acids is 4. The quantitative estimate of drug-likeness (QED) is 0.0675. The zero-order chi connectivity index (χ0) is 38.2. The third kappa shape index (κ3) is 9.13. The van der Waals surface area contributed by atoms with Gasteiger partial charge in [-0.2, -0.15) is 0 Å². The molecule has 0 bridgehead atoms. The molecule has 1 saturated heterocycles. The molecule has 0 saturated carbocycles. The van der Waals surface area contributed by atoms with Crippen LogP contribution in [0, 0.1) is 0 Å². The highest BCUT2D eigenvalue weighted by molar-refractivity contribution is 8.00. The fraction of sp³-hybridized carbons (Fsp3) is 0.282. The van der Waals surface area contributed by atoms with Gasteiger partial charge in [-0.15, -0.1) is 23.1 Å². The van der Waals surface area contributed by atoms with Crippen LogP contribution in [0.2, 0.25) is 0 Å². The number of hydrogen-bond donors (Lipinski definition) is 4. The van der Waals surface area contributed by atoms with E-state index in [-0.39, 0.29) is 30.0 Å². The first-order valence-corrected chi connectivity index (χ1v) is 18.7. The van der Waals surface area contributed by atoms with Gasteiger partial charge in [-0.1, -0.05) is 91.0 Å². The molecule has 0 spiro atoms. The van der Waals surface area contributed by atoms with Gasteiger partial charge in [0.2, 0.25) is 12.3 Å². The number of fused-ring (bicyclic) bond motifs is 1. The molecular weight excluding hydrogens is 715 g/mol. The average molecular weight is 756 g/mol. The molecule has 4 aromatic rings. The highest BCUT2D eigenvalue weighted by atomic mass is 32.2. The number of rotatable bonds is 12. The fourth-order valence-electron chi connectivity index (χ4n) is 5.94. The molecule has 6 rings (SSSR count). The standard InChI is InChI=1S/C34H30N4O6S2.C5H11NO/c1-21(39)44-18-22-19-45-31-28(30(41)38(31)29(22)32(42)43)36-27(40)17-26-20-46-33(35-26)37-34(23-11-5-2-6-12-23,24-13-7-3-8-14-24)25-15-9-4-10-16-25;1-5(2,3)6-4-7/h2-16,20,28,31H,17-19H2,1H3,(H,35,37)(H,36,40)(H,42,43);4H,1-3H3,(H,6,7)/t28-,31+;/m0./s1. The minimum Gasteiger partial charge on any atom is -0.477 e. The number of hydrogen-bond acceptors (Lipinski definition) is 10. The molecule has 53 heavy (non-hydrogen) atoms. The van der Waals surface area contributed by atoms with Crippen molar-refractivity contribution in [1.82, 2.24) is 20.5 Å². The summed E-state index contributed by atoms with van der Waals surface area (Å²) in [6, 6.07) is 29.5. The maximum Gasteiger partial charge on any atom is 0.352 e. The molecule has 2 atom stereocenters. The van der Waals surface area contributed by atoms with E-state index in [1.807, 2.05) is 80.7 Å². The van der Waals surface area contributed by atoms with E-state index < -0.39 is 40.7 Å². The summed E-state index contributed by atoms with van der Waals surface area (Å²) in [4.78, 5) is 65.0. The lowest BCUT2D eigenvalue weighted by Gasteiger charge is -2.49. The molecule has 3 amide bonds. The van der Waals surface area contributed by atoms with E-state index in [4.69, 9.17) is 9.72 Å². The number of amides is 3. The maximum absolute atomic E-state index is 13.1. The number of benzene rings is 3. The van der Waals surface area contributed by atoms with E-state index in [1.165, 1.54) is 30.0 Å². The largest absolute Gasteiger partial charge is 0.477 e. The summed E-state index contributed by atoms with van der Waals surface area (Å²) in [5.41, 5.74) is 2.88. The first-order chi connectivity index (χ1) is 25.3. The van der Waals surface area contributed by atoms with Crippen molar-refractivity contribution in [3.8, 4) is 0 Å². The summed E-state index contributed by atoms with van der Waals surface area (Å²) in [6.45, 7) is 6.82. The second-order valence-electron chi connectivity index (χ2n) is 13.3. The number of carbonyl (C=O) groups is 5. The Kier molecular flexibility index (Phi) is 12.4. The van der Waals surface area contributed by atoms with Gasteiger partial charge in [0.25, 0.3) is 5.91 Å². The lowest BCUT2D eigenvalue weighted by molar-refractivity contribution is -0.151. The lowest BCUT2D eigenvalue weighted by atomic mass is 9.77. The molecule has 276 valence electrons. The number of thioether (sulfide) groups is 1. The van der Waals surface area contributed by atoms with Crippen LogP contribution in [0.3, 0.4) is 0 Å². The maximum atomic E-state index is 13.1. The molecule has 0 aliphatic carbocycles. The molecule has 2 aliphatic rings. The number of anilines is 1. The molecule has 14 heteroatoms. The van der Waals surface area contributed by atoms with E-state index in [0.717, 1.165) is 21.6 Å². The number of ether oxygens (including phenoxy) is 1. The van der Waals surface area contributed by atoms with Crippen molar-refractivity contribution in [2.24, 2.45) is 0 Å². The van der Waals surface area contributed by atoms with Gasteiger partial charge in [0, 0.05) is 29.2 Å². The number of carboxylic acids is 1. The van der Waals surface area contributed by atoms with E-state index in [1.54, 1.807) is 0 Å². The summed E-state index contributed by atoms with van der Waals surface area (Å²) >= 11 is 2.69. The second kappa shape index (κ2) is 16.9. The molecule has 0 unspecified atom stereocenters. The summed E-state index contributed by atoms with van der Waals surface area (Å²) in [5, 5.41) is 20.7. The van der Waals surface area contributed by atoms with Crippen LogP contribution < -0.4 is 16.0 Å². The monoisotopic (exact) mass is 755 g/mol. The summed E-state index contributed by atoms with van der Waals surface area (Å²) in [7, 11) is 0. The van der Waals surface area contributed by atoms with E-state index in [2.05, 4.69) is 52.3 Å². The SMILES string of the molecule is CC(=O)OCC1=C(C(=O)O)N2C(=O)[C@H](NC(=O)Cc3csc(NC(c4ccccc4)(c4ccccc4)c4ccccc4)n3)[C@H]2SC1.CC(C)(C)NC=O. The second-order valence-corrected chi connectivity index (χ2v) is 15.3.